The van der Waals surface area contributed by atoms with Crippen molar-refractivity contribution in [3.05, 3.63) is 176 Å². The van der Waals surface area contributed by atoms with Gasteiger partial charge in [0, 0.05) is 22.3 Å². The first kappa shape index (κ1) is 29.8. The molecule has 0 spiro atoms. The van der Waals surface area contributed by atoms with Crippen molar-refractivity contribution in [2.24, 2.45) is 0 Å². The van der Waals surface area contributed by atoms with Gasteiger partial charge in [0.1, 0.15) is 11.0 Å². The van der Waals surface area contributed by atoms with Gasteiger partial charge in [-0.25, -0.2) is 15.0 Å². The average molecular weight is 668 g/mol. The molecule has 0 N–H and O–H groups in total. The highest BCUT2D eigenvalue weighted by molar-refractivity contribution is 5.88. The number of pyridine rings is 1. The lowest BCUT2D eigenvalue weighted by Gasteiger charge is -2.12. The maximum absolute atomic E-state index is 6.04. The van der Waals surface area contributed by atoms with Crippen LogP contribution < -0.4 is 0 Å². The van der Waals surface area contributed by atoms with E-state index < -0.39 is 0 Å². The van der Waals surface area contributed by atoms with Gasteiger partial charge in [-0.1, -0.05) is 109 Å². The number of fused-ring (bicyclic) bond motifs is 3. The summed E-state index contributed by atoms with van der Waals surface area (Å²) < 4.78 is 12.1. The van der Waals surface area contributed by atoms with Crippen molar-refractivity contribution >= 4 is 33.0 Å². The molecule has 10 rings (SSSR count). The van der Waals surface area contributed by atoms with Gasteiger partial charge in [0.15, 0.2) is 11.2 Å². The number of hydrogen-bond donors (Lipinski definition) is 0. The molecule has 10 aromatic rings. The van der Waals surface area contributed by atoms with E-state index in [0.717, 1.165) is 67.0 Å². The zero-order chi connectivity index (χ0) is 34.4. The smallest absolute Gasteiger partial charge is 0.227 e. The van der Waals surface area contributed by atoms with Crippen molar-refractivity contribution in [3.8, 4) is 67.7 Å². The van der Waals surface area contributed by atoms with Gasteiger partial charge in [-0.05, 0) is 99.8 Å². The second-order valence-electron chi connectivity index (χ2n) is 12.9. The van der Waals surface area contributed by atoms with E-state index in [9.17, 15) is 0 Å². The molecular weight excluding hydrogens is 639 g/mol. The predicted octanol–water partition coefficient (Wildman–Crippen LogP) is 12.5. The molecule has 52 heavy (non-hydrogen) atoms. The summed E-state index contributed by atoms with van der Waals surface area (Å²) in [5.74, 6) is 1.20. The van der Waals surface area contributed by atoms with Crippen LogP contribution in [0, 0.1) is 0 Å². The Kier molecular flexibility index (Phi) is 7.07. The Morgan fingerprint density at radius 2 is 0.712 bits per heavy atom. The molecule has 0 atom stereocenters. The fourth-order valence-electron chi connectivity index (χ4n) is 6.78. The summed E-state index contributed by atoms with van der Waals surface area (Å²) in [4.78, 5) is 14.6. The molecule has 0 unspecified atom stereocenters. The minimum Gasteiger partial charge on any atom is -0.436 e. The number of oxazole rings is 2. The second-order valence-corrected chi connectivity index (χ2v) is 12.9. The standard InChI is InChI=1S/C47H29N3O2/c1-2-8-37-27-38(26-17-30(37)7-1)31-13-15-32(16-14-31)39-28-42(33-18-22-35(23-19-33)46-49-40-9-3-5-11-44(40)51-46)48-43(29-39)34-20-24-36(25-21-34)47-50-41-10-4-6-12-45(41)52-47/h1-29H. The van der Waals surface area contributed by atoms with Crippen molar-refractivity contribution in [1.82, 2.24) is 15.0 Å². The molecule has 0 saturated carbocycles. The van der Waals surface area contributed by atoms with E-state index in [2.05, 4.69) is 113 Å². The van der Waals surface area contributed by atoms with Crippen LogP contribution in [0.2, 0.25) is 0 Å². The van der Waals surface area contributed by atoms with Crippen molar-refractivity contribution in [2.75, 3.05) is 0 Å². The third-order valence-electron chi connectivity index (χ3n) is 9.57. The normalized spacial score (nSPS) is 11.5. The Morgan fingerprint density at radius 1 is 0.288 bits per heavy atom. The molecule has 5 nitrogen and oxygen atoms in total. The van der Waals surface area contributed by atoms with Crippen LogP contribution in [0.25, 0.3) is 101 Å². The molecule has 0 bridgehead atoms. The lowest BCUT2D eigenvalue weighted by molar-refractivity contribution is 0.619. The van der Waals surface area contributed by atoms with Crippen LogP contribution in [0.3, 0.4) is 0 Å². The number of hydrogen-bond acceptors (Lipinski definition) is 5. The topological polar surface area (TPSA) is 65.0 Å². The Hall–Kier alpha value is -7.11. The molecule has 0 aliphatic rings. The first-order valence-corrected chi connectivity index (χ1v) is 17.2. The van der Waals surface area contributed by atoms with Gasteiger partial charge in [-0.2, -0.15) is 0 Å². The average Bonchev–Trinajstić information content (AvgIpc) is 3.86. The molecule has 5 heteroatoms. The van der Waals surface area contributed by atoms with Crippen LogP contribution >= 0.6 is 0 Å². The zero-order valence-electron chi connectivity index (χ0n) is 27.9. The van der Waals surface area contributed by atoms with Gasteiger partial charge in [0.2, 0.25) is 11.8 Å². The Morgan fingerprint density at radius 3 is 1.25 bits per heavy atom. The maximum atomic E-state index is 6.04. The van der Waals surface area contributed by atoms with Crippen LogP contribution in [0.1, 0.15) is 0 Å². The fourth-order valence-corrected chi connectivity index (χ4v) is 6.78. The van der Waals surface area contributed by atoms with E-state index in [4.69, 9.17) is 13.8 Å². The summed E-state index contributed by atoms with van der Waals surface area (Å²) in [5, 5.41) is 2.47. The van der Waals surface area contributed by atoms with E-state index in [1.165, 1.54) is 21.9 Å². The summed E-state index contributed by atoms with van der Waals surface area (Å²) in [6, 6.07) is 60.3. The highest BCUT2D eigenvalue weighted by atomic mass is 16.4. The van der Waals surface area contributed by atoms with Crippen LogP contribution in [-0.4, -0.2) is 15.0 Å². The molecule has 0 saturated heterocycles. The van der Waals surface area contributed by atoms with Gasteiger partial charge in [0.25, 0.3) is 0 Å². The quantitative estimate of drug-likeness (QED) is 0.177. The largest absolute Gasteiger partial charge is 0.436 e. The number of benzene rings is 7. The van der Waals surface area contributed by atoms with Crippen molar-refractivity contribution in [2.45, 2.75) is 0 Å². The number of para-hydroxylation sites is 4. The van der Waals surface area contributed by atoms with E-state index in [0.29, 0.717) is 11.8 Å². The SMILES string of the molecule is c1ccc2cc(-c3ccc(-c4cc(-c5ccc(-c6nc7ccccc7o6)cc5)nc(-c5ccc(-c6nc7ccccc7o6)cc5)c4)cc3)ccc2c1. The summed E-state index contributed by atoms with van der Waals surface area (Å²) >= 11 is 0. The Bertz CT molecular complexity index is 2680. The molecule has 0 amide bonds. The third-order valence-corrected chi connectivity index (χ3v) is 9.57. The first-order valence-electron chi connectivity index (χ1n) is 17.2. The predicted molar refractivity (Wildman–Crippen MR) is 209 cm³/mol. The minimum atomic E-state index is 0.598. The zero-order valence-corrected chi connectivity index (χ0v) is 27.9. The van der Waals surface area contributed by atoms with Crippen LogP contribution in [0.5, 0.6) is 0 Å². The monoisotopic (exact) mass is 667 g/mol. The Balaban J connectivity index is 1.02. The molecule has 244 valence electrons. The molecule has 0 radical (unpaired) electrons. The first-order chi connectivity index (χ1) is 25.7. The summed E-state index contributed by atoms with van der Waals surface area (Å²) in [6.07, 6.45) is 0. The van der Waals surface area contributed by atoms with Crippen LogP contribution in [0.15, 0.2) is 185 Å². The number of aromatic nitrogens is 3. The van der Waals surface area contributed by atoms with Crippen molar-refractivity contribution < 1.29 is 8.83 Å². The number of nitrogens with zero attached hydrogens (tertiary/aromatic N) is 3. The molecule has 7 aromatic carbocycles. The summed E-state index contributed by atoms with van der Waals surface area (Å²) in [6.45, 7) is 0. The van der Waals surface area contributed by atoms with Gasteiger partial charge in [0.05, 0.1) is 11.4 Å². The molecule has 3 heterocycles. The fraction of sp³-hybridized carbons (Fsp3) is 0. The van der Waals surface area contributed by atoms with Crippen molar-refractivity contribution in [1.29, 1.82) is 0 Å². The maximum Gasteiger partial charge on any atom is 0.227 e. The van der Waals surface area contributed by atoms with Gasteiger partial charge in [-0.15, -0.1) is 0 Å². The van der Waals surface area contributed by atoms with E-state index in [1.54, 1.807) is 0 Å². The van der Waals surface area contributed by atoms with E-state index >= 15 is 0 Å². The van der Waals surface area contributed by atoms with Crippen LogP contribution in [-0.2, 0) is 0 Å². The Labute approximate surface area is 299 Å². The lowest BCUT2D eigenvalue weighted by atomic mass is 9.96. The summed E-state index contributed by atoms with van der Waals surface area (Å²) in [7, 11) is 0. The molecule has 3 aromatic heterocycles. The number of rotatable bonds is 6. The summed E-state index contributed by atoms with van der Waals surface area (Å²) in [5.41, 5.74) is 13.4. The highest BCUT2D eigenvalue weighted by Crippen LogP contribution is 2.34. The van der Waals surface area contributed by atoms with E-state index in [1.807, 2.05) is 72.8 Å². The van der Waals surface area contributed by atoms with Gasteiger partial charge in [-0.3, -0.25) is 0 Å². The second kappa shape index (κ2) is 12.3. The minimum absolute atomic E-state index is 0.598. The van der Waals surface area contributed by atoms with Crippen LogP contribution in [0.4, 0.5) is 0 Å². The highest BCUT2D eigenvalue weighted by Gasteiger charge is 2.14. The van der Waals surface area contributed by atoms with Gasteiger partial charge < -0.3 is 8.83 Å². The van der Waals surface area contributed by atoms with Gasteiger partial charge >= 0.3 is 0 Å². The third kappa shape index (κ3) is 5.51. The van der Waals surface area contributed by atoms with E-state index in [-0.39, 0.29) is 0 Å². The molecular formula is C47H29N3O2. The lowest BCUT2D eigenvalue weighted by Crippen LogP contribution is -1.92. The van der Waals surface area contributed by atoms with Crippen molar-refractivity contribution in [3.63, 3.8) is 0 Å². The molecule has 0 aliphatic heterocycles. The molecule has 0 aliphatic carbocycles. The molecule has 0 fully saturated rings.